The Kier molecular flexibility index (Phi) is 12.5. The molecule has 314 valence electrons. The Labute approximate surface area is 340 Å². The van der Waals surface area contributed by atoms with Crippen LogP contribution in [0.2, 0.25) is 0 Å². The van der Waals surface area contributed by atoms with E-state index in [9.17, 15) is 32.0 Å². The molecule has 6 rings (SSSR count). The largest absolute Gasteiger partial charge is 0.460 e. The summed E-state index contributed by atoms with van der Waals surface area (Å²) in [5, 5.41) is 0. The molecule has 3 heterocycles. The Bertz CT molecular complexity index is 2190. The van der Waals surface area contributed by atoms with E-state index in [1.807, 2.05) is 54.8 Å². The number of hydrogen-bond acceptors (Lipinski definition) is 9. The number of ether oxygens (including phenoxy) is 2. The molecule has 1 aromatic heterocycles. The number of ketones is 1. The molecule has 3 aliphatic rings. The summed E-state index contributed by atoms with van der Waals surface area (Å²) in [5.41, 5.74) is 0.640. The fourth-order valence-electron chi connectivity index (χ4n) is 8.24. The van der Waals surface area contributed by atoms with Gasteiger partial charge in [-0.3, -0.25) is 23.7 Å². The average molecular weight is 822 g/mol. The van der Waals surface area contributed by atoms with Crippen molar-refractivity contribution in [2.24, 2.45) is 17.3 Å². The average Bonchev–Trinajstić information content (AvgIpc) is 3.45. The van der Waals surface area contributed by atoms with E-state index in [4.69, 9.17) is 14.5 Å². The highest BCUT2D eigenvalue weighted by Crippen LogP contribution is 2.57. The number of fused-ring (bicyclic) bond motifs is 3. The summed E-state index contributed by atoms with van der Waals surface area (Å²) in [4.78, 5) is 62.7. The van der Waals surface area contributed by atoms with E-state index in [1.165, 1.54) is 31.1 Å². The third kappa shape index (κ3) is 9.46. The number of rotatable bonds is 9. The first-order chi connectivity index (χ1) is 27.3. The number of hydrogen-bond donors (Lipinski definition) is 1. The monoisotopic (exact) mass is 821 g/mol. The second-order valence-corrected chi connectivity index (χ2v) is 19.3. The third-order valence-corrected chi connectivity index (χ3v) is 12.7. The molecule has 1 aliphatic carbocycles. The van der Waals surface area contributed by atoms with Gasteiger partial charge in [0.1, 0.15) is 23.0 Å². The molecule has 2 aliphatic heterocycles. The van der Waals surface area contributed by atoms with Gasteiger partial charge >= 0.3 is 16.2 Å². The number of nitrogens with zero attached hydrogens (tertiary/aromatic N) is 4. The molecular formula is C43H56FN5O8S. The molecule has 2 fully saturated rings. The second kappa shape index (κ2) is 16.9. The van der Waals surface area contributed by atoms with Gasteiger partial charge in [-0.25, -0.2) is 9.11 Å². The summed E-state index contributed by atoms with van der Waals surface area (Å²) in [6, 6.07) is 11.0. The van der Waals surface area contributed by atoms with Crippen LogP contribution in [0.5, 0.6) is 6.01 Å². The van der Waals surface area contributed by atoms with Crippen LogP contribution in [0.4, 0.5) is 4.39 Å². The molecule has 1 saturated carbocycles. The number of amides is 2. The number of imidazole rings is 1. The lowest BCUT2D eigenvalue weighted by Crippen LogP contribution is -2.47. The lowest BCUT2D eigenvalue weighted by Gasteiger charge is -2.29. The first-order valence-electron chi connectivity index (χ1n) is 20.2. The Morgan fingerprint density at radius 1 is 1.09 bits per heavy atom. The summed E-state index contributed by atoms with van der Waals surface area (Å²) in [6.45, 7) is 9.27. The predicted molar refractivity (Wildman–Crippen MR) is 217 cm³/mol. The van der Waals surface area contributed by atoms with E-state index in [0.717, 1.165) is 22.7 Å². The highest BCUT2D eigenvalue weighted by Gasteiger charge is 2.61. The van der Waals surface area contributed by atoms with Crippen molar-refractivity contribution in [3.05, 3.63) is 60.4 Å². The quantitative estimate of drug-likeness (QED) is 0.187. The normalized spacial score (nSPS) is 25.2. The fraction of sp³-hybridized carbons (Fsp3) is 0.558. The number of esters is 1. The van der Waals surface area contributed by atoms with E-state index in [0.29, 0.717) is 35.9 Å². The van der Waals surface area contributed by atoms with Crippen LogP contribution in [0.25, 0.3) is 22.2 Å². The summed E-state index contributed by atoms with van der Waals surface area (Å²) in [6.07, 6.45) is 6.45. The van der Waals surface area contributed by atoms with Gasteiger partial charge in [0.25, 0.3) is 6.01 Å². The first kappa shape index (κ1) is 43.0. The Morgan fingerprint density at radius 3 is 2.52 bits per heavy atom. The van der Waals surface area contributed by atoms with Crippen LogP contribution in [-0.2, 0) is 34.1 Å². The number of nitrogens with one attached hydrogen (secondary N) is 1. The molecule has 58 heavy (non-hydrogen) atoms. The van der Waals surface area contributed by atoms with Crippen molar-refractivity contribution in [1.82, 2.24) is 23.5 Å². The van der Waals surface area contributed by atoms with Crippen LogP contribution >= 0.6 is 0 Å². The lowest BCUT2D eigenvalue weighted by molar-refractivity contribution is -0.159. The summed E-state index contributed by atoms with van der Waals surface area (Å²) in [7, 11) is -1.53. The standard InChI is InChI=1S/C43H56FN5O8S/c1-27(2)49-34-20-14-19-33(28-16-13-18-31(44)21-28)38(34)45-41(49)56-32-23-35-36(50)25-43(40(53)46-58(54,55)47(6)7)24-30(43)17-12-10-8-9-11-15-29(39(52)48(35)26-32)22-37(51)57-42(3,4)5/h12-14,16-21,27,29-30,32,35H,8-11,15,22-26H2,1-7H3,(H,46,53)/b17-12-/t29-,30+,32-,35+,43-/m1/s1. The van der Waals surface area contributed by atoms with Gasteiger partial charge in [0.05, 0.1) is 29.9 Å². The number of aromatic nitrogens is 2. The lowest BCUT2D eigenvalue weighted by atomic mass is 9.90. The molecule has 15 heteroatoms. The number of Topliss-reactive ketones (excluding diaryl/α,β-unsaturated/α-hetero) is 1. The molecule has 0 bridgehead atoms. The molecule has 2 aromatic carbocycles. The van der Waals surface area contributed by atoms with Gasteiger partial charge < -0.3 is 14.4 Å². The van der Waals surface area contributed by atoms with Crippen LogP contribution < -0.4 is 9.46 Å². The highest BCUT2D eigenvalue weighted by atomic mass is 32.2. The van der Waals surface area contributed by atoms with Crippen LogP contribution in [0.1, 0.15) is 98.4 Å². The molecule has 2 amide bonds. The minimum absolute atomic E-state index is 0.00957. The minimum Gasteiger partial charge on any atom is -0.460 e. The number of allylic oxidation sites excluding steroid dienone is 2. The summed E-state index contributed by atoms with van der Waals surface area (Å²) >= 11 is 0. The van der Waals surface area contributed by atoms with Gasteiger partial charge in [0.15, 0.2) is 5.78 Å². The van der Waals surface area contributed by atoms with Gasteiger partial charge in [-0.15, -0.1) is 0 Å². The molecular weight excluding hydrogens is 766 g/mol. The van der Waals surface area contributed by atoms with Gasteiger partial charge in [0.2, 0.25) is 11.8 Å². The first-order valence-corrected chi connectivity index (χ1v) is 21.6. The van der Waals surface area contributed by atoms with Gasteiger partial charge in [-0.2, -0.15) is 17.7 Å². The number of benzene rings is 2. The maximum absolute atomic E-state index is 14.7. The summed E-state index contributed by atoms with van der Waals surface area (Å²) in [5.74, 6) is -3.57. The maximum Gasteiger partial charge on any atom is 0.307 e. The molecule has 1 N–H and O–H groups in total. The molecule has 0 spiro atoms. The maximum atomic E-state index is 14.7. The van der Waals surface area contributed by atoms with Crippen molar-refractivity contribution in [3.63, 3.8) is 0 Å². The van der Waals surface area contributed by atoms with Crippen molar-refractivity contribution in [3.8, 4) is 17.1 Å². The van der Waals surface area contributed by atoms with Crippen LogP contribution in [0.15, 0.2) is 54.6 Å². The van der Waals surface area contributed by atoms with E-state index in [2.05, 4.69) is 4.72 Å². The van der Waals surface area contributed by atoms with Gasteiger partial charge in [-0.05, 0) is 90.0 Å². The smallest absolute Gasteiger partial charge is 0.307 e. The molecule has 3 aromatic rings. The minimum atomic E-state index is -4.15. The Morgan fingerprint density at radius 2 is 1.83 bits per heavy atom. The third-order valence-electron chi connectivity index (χ3n) is 11.3. The summed E-state index contributed by atoms with van der Waals surface area (Å²) < 4.78 is 57.2. The van der Waals surface area contributed by atoms with Crippen molar-refractivity contribution in [2.45, 2.75) is 116 Å². The SMILES string of the molecule is CC(C)n1c(O[C@@H]2C[C@H]3C(=O)C[C@]4(C(=O)NS(=O)(=O)N(C)C)C[C@@H]4/C=C\CCCCC[C@H](CC(=O)OC(C)(C)C)C(=O)N3C2)nc2c(-c3cccc(F)c3)cccc21. The zero-order valence-electron chi connectivity index (χ0n) is 34.5. The molecule has 1 saturated heterocycles. The molecule has 0 unspecified atom stereocenters. The van der Waals surface area contributed by atoms with Crippen molar-refractivity contribution in [2.75, 3.05) is 20.6 Å². The number of halogens is 1. The molecule has 13 nitrogen and oxygen atoms in total. The van der Waals surface area contributed by atoms with E-state index < -0.39 is 56.9 Å². The number of carbonyl (C=O) groups is 4. The zero-order chi connectivity index (χ0) is 42.2. The van der Waals surface area contributed by atoms with Crippen molar-refractivity contribution < 1.29 is 41.5 Å². The van der Waals surface area contributed by atoms with Gasteiger partial charge in [0, 0.05) is 44.5 Å². The topological polar surface area (TPSA) is 157 Å². The van der Waals surface area contributed by atoms with Crippen molar-refractivity contribution in [1.29, 1.82) is 0 Å². The molecule has 5 atom stereocenters. The van der Waals surface area contributed by atoms with Crippen LogP contribution in [-0.4, -0.2) is 89.1 Å². The van der Waals surface area contributed by atoms with E-state index in [1.54, 1.807) is 26.8 Å². The number of carbonyl (C=O) groups excluding carboxylic acids is 4. The number of para-hydroxylation sites is 1. The molecule has 0 radical (unpaired) electrons. The zero-order valence-corrected chi connectivity index (χ0v) is 35.3. The highest BCUT2D eigenvalue weighted by molar-refractivity contribution is 7.87. The Balaban J connectivity index is 1.36. The second-order valence-electron chi connectivity index (χ2n) is 17.4. The Hall–Kier alpha value is -4.63. The van der Waals surface area contributed by atoms with E-state index >= 15 is 0 Å². The van der Waals surface area contributed by atoms with Gasteiger partial charge in [-0.1, -0.05) is 49.3 Å². The van der Waals surface area contributed by atoms with Crippen molar-refractivity contribution >= 4 is 44.8 Å². The van der Waals surface area contributed by atoms with Crippen LogP contribution in [0.3, 0.4) is 0 Å². The van der Waals surface area contributed by atoms with E-state index in [-0.39, 0.29) is 61.9 Å². The fourth-order valence-corrected chi connectivity index (χ4v) is 8.86. The van der Waals surface area contributed by atoms with Crippen LogP contribution in [0, 0.1) is 23.1 Å². The predicted octanol–water partition coefficient (Wildman–Crippen LogP) is 6.53.